The second-order valence-electron chi connectivity index (χ2n) is 9.97. The van der Waals surface area contributed by atoms with Gasteiger partial charge in [0.15, 0.2) is 0 Å². The summed E-state index contributed by atoms with van der Waals surface area (Å²) in [4.78, 5) is 18.0. The molecule has 0 saturated carbocycles. The lowest BCUT2D eigenvalue weighted by Gasteiger charge is -2.28. The molecule has 3 rings (SSSR count). The van der Waals surface area contributed by atoms with Gasteiger partial charge in [0.05, 0.1) is 21.6 Å². The highest BCUT2D eigenvalue weighted by Gasteiger charge is 2.24. The van der Waals surface area contributed by atoms with E-state index in [1.165, 1.54) is 0 Å². The Morgan fingerprint density at radius 3 is 2.50 bits per heavy atom. The van der Waals surface area contributed by atoms with Crippen LogP contribution in [0.1, 0.15) is 32.9 Å². The van der Waals surface area contributed by atoms with E-state index in [0.717, 1.165) is 28.4 Å². The molecule has 0 fully saturated rings. The molecule has 0 saturated heterocycles. The molecule has 0 unspecified atom stereocenters. The van der Waals surface area contributed by atoms with Gasteiger partial charge in [-0.1, -0.05) is 25.4 Å². The lowest BCUT2D eigenvalue weighted by molar-refractivity contribution is 0.207. The Morgan fingerprint density at radius 2 is 1.90 bits per heavy atom. The van der Waals surface area contributed by atoms with Gasteiger partial charge in [-0.3, -0.25) is 9.78 Å². The summed E-state index contributed by atoms with van der Waals surface area (Å²) in [5, 5.41) is 2.38. The fraction of sp³-hybridized carbons (Fsp3) is 0.429. The van der Waals surface area contributed by atoms with Gasteiger partial charge in [-0.05, 0) is 55.0 Å². The average molecular weight is 423 g/mol. The molecular formula is C21H29B3ClN3O2. The van der Waals surface area contributed by atoms with Gasteiger partial charge in [0.25, 0.3) is 5.56 Å². The Balaban J connectivity index is 2.22. The fourth-order valence-electron chi connectivity index (χ4n) is 4.22. The lowest BCUT2D eigenvalue weighted by atomic mass is 9.49. The molecule has 0 radical (unpaired) electrons. The normalized spacial score (nSPS) is 14.4. The number of aryl methyl sites for hydroxylation is 1. The standard InChI is InChI=1S/C21H29B3ClN3O2/c1-11(2)9-20(4,26)10-30-17-8-15-14(7-16(17)25)13-5-6-27-12(3)18(13)28(19(15)29)21(22,23)24/h5-8,11H,9-10,22-24,26H2,1-4H3/t20-/m0/s1. The van der Waals surface area contributed by atoms with Crippen LogP contribution in [-0.4, -0.2) is 45.2 Å². The Labute approximate surface area is 185 Å². The first kappa shape index (κ1) is 22.8. The topological polar surface area (TPSA) is 70.1 Å². The van der Waals surface area contributed by atoms with Gasteiger partial charge in [0.2, 0.25) is 0 Å². The van der Waals surface area contributed by atoms with Gasteiger partial charge >= 0.3 is 0 Å². The fourth-order valence-corrected chi connectivity index (χ4v) is 4.44. The summed E-state index contributed by atoms with van der Waals surface area (Å²) >= 11 is 6.57. The molecule has 0 spiro atoms. The third kappa shape index (κ3) is 4.40. The van der Waals surface area contributed by atoms with E-state index in [9.17, 15) is 4.79 Å². The molecule has 2 heterocycles. The molecule has 9 heteroatoms. The number of halogens is 1. The minimum Gasteiger partial charge on any atom is -0.490 e. The minimum absolute atomic E-state index is 0.0830. The maximum absolute atomic E-state index is 13.6. The van der Waals surface area contributed by atoms with Crippen LogP contribution in [0, 0.1) is 12.8 Å². The van der Waals surface area contributed by atoms with E-state index in [4.69, 9.17) is 22.1 Å². The van der Waals surface area contributed by atoms with Crippen LogP contribution >= 0.6 is 11.6 Å². The van der Waals surface area contributed by atoms with Crippen molar-refractivity contribution in [2.24, 2.45) is 11.7 Å². The zero-order valence-electron chi connectivity index (χ0n) is 19.0. The molecule has 0 bridgehead atoms. The quantitative estimate of drug-likeness (QED) is 0.477. The number of pyridine rings is 2. The van der Waals surface area contributed by atoms with Crippen molar-refractivity contribution in [2.45, 2.75) is 44.9 Å². The minimum atomic E-state index is -0.482. The van der Waals surface area contributed by atoms with Crippen LogP contribution in [-0.2, 0) is 5.24 Å². The molecule has 2 N–H and O–H groups in total. The largest absolute Gasteiger partial charge is 0.490 e. The van der Waals surface area contributed by atoms with Crippen molar-refractivity contribution in [1.82, 2.24) is 9.55 Å². The smallest absolute Gasteiger partial charge is 0.257 e. The zero-order chi connectivity index (χ0) is 22.4. The number of nitrogens with two attached hydrogens (primary N) is 1. The van der Waals surface area contributed by atoms with E-state index in [1.807, 2.05) is 54.1 Å². The van der Waals surface area contributed by atoms with Crippen molar-refractivity contribution in [3.05, 3.63) is 45.5 Å². The second kappa shape index (κ2) is 7.97. The van der Waals surface area contributed by atoms with Crippen LogP contribution < -0.4 is 16.0 Å². The van der Waals surface area contributed by atoms with E-state index < -0.39 is 10.8 Å². The van der Waals surface area contributed by atoms with Crippen LogP contribution in [0.25, 0.3) is 21.7 Å². The van der Waals surface area contributed by atoms with Gasteiger partial charge < -0.3 is 15.0 Å². The van der Waals surface area contributed by atoms with Gasteiger partial charge in [0, 0.05) is 17.1 Å². The van der Waals surface area contributed by atoms with Crippen molar-refractivity contribution in [3.8, 4) is 5.75 Å². The van der Waals surface area contributed by atoms with Crippen LogP contribution in [0.3, 0.4) is 0 Å². The third-order valence-corrected chi connectivity index (χ3v) is 5.52. The van der Waals surface area contributed by atoms with Gasteiger partial charge in [0.1, 0.15) is 35.9 Å². The molecule has 1 atom stereocenters. The van der Waals surface area contributed by atoms with Gasteiger partial charge in [-0.15, -0.1) is 0 Å². The highest BCUT2D eigenvalue weighted by Crippen LogP contribution is 2.34. The molecular weight excluding hydrogens is 394 g/mol. The molecule has 5 nitrogen and oxygen atoms in total. The summed E-state index contributed by atoms with van der Waals surface area (Å²) in [5.74, 6) is 0.935. The lowest BCUT2D eigenvalue weighted by Crippen LogP contribution is -2.43. The Hall–Kier alpha value is -1.92. The first-order chi connectivity index (χ1) is 13.8. The van der Waals surface area contributed by atoms with E-state index in [2.05, 4.69) is 18.8 Å². The van der Waals surface area contributed by atoms with Crippen molar-refractivity contribution < 1.29 is 4.74 Å². The van der Waals surface area contributed by atoms with Crippen molar-refractivity contribution >= 4 is 56.8 Å². The number of fused-ring (bicyclic) bond motifs is 3. The summed E-state index contributed by atoms with van der Waals surface area (Å²) in [7, 11) is 6.06. The summed E-state index contributed by atoms with van der Waals surface area (Å²) in [6, 6.07) is 5.50. The van der Waals surface area contributed by atoms with Crippen molar-refractivity contribution in [2.75, 3.05) is 6.61 Å². The maximum atomic E-state index is 13.6. The average Bonchev–Trinajstić information content (AvgIpc) is 2.59. The molecule has 3 aromatic rings. The van der Waals surface area contributed by atoms with E-state index in [1.54, 1.807) is 12.3 Å². The predicted molar refractivity (Wildman–Crippen MR) is 134 cm³/mol. The summed E-state index contributed by atoms with van der Waals surface area (Å²) in [6.07, 6.45) is 2.59. The summed E-state index contributed by atoms with van der Waals surface area (Å²) in [5.41, 5.74) is 7.47. The number of hydrogen-bond donors (Lipinski definition) is 1. The molecule has 0 aliphatic heterocycles. The monoisotopic (exact) mass is 423 g/mol. The maximum Gasteiger partial charge on any atom is 0.257 e. The molecule has 30 heavy (non-hydrogen) atoms. The highest BCUT2D eigenvalue weighted by atomic mass is 35.5. The van der Waals surface area contributed by atoms with Crippen LogP contribution in [0.15, 0.2) is 29.2 Å². The van der Waals surface area contributed by atoms with E-state index >= 15 is 0 Å². The van der Waals surface area contributed by atoms with E-state index in [-0.39, 0.29) is 5.56 Å². The molecule has 156 valence electrons. The molecule has 0 aliphatic rings. The summed E-state index contributed by atoms with van der Waals surface area (Å²) in [6.45, 7) is 8.47. The van der Waals surface area contributed by atoms with Crippen molar-refractivity contribution in [3.63, 3.8) is 0 Å². The van der Waals surface area contributed by atoms with Gasteiger partial charge in [-0.2, -0.15) is 0 Å². The second-order valence-corrected chi connectivity index (χ2v) is 10.4. The Bertz CT molecular complexity index is 1170. The third-order valence-electron chi connectivity index (χ3n) is 5.23. The number of nitrogens with zero attached hydrogens (tertiary/aromatic N) is 2. The van der Waals surface area contributed by atoms with Crippen molar-refractivity contribution in [1.29, 1.82) is 0 Å². The Kier molecular flexibility index (Phi) is 6.05. The van der Waals surface area contributed by atoms with E-state index in [0.29, 0.717) is 28.7 Å². The van der Waals surface area contributed by atoms with Crippen LogP contribution in [0.2, 0.25) is 5.02 Å². The zero-order valence-corrected chi connectivity index (χ0v) is 19.7. The van der Waals surface area contributed by atoms with Crippen LogP contribution in [0.4, 0.5) is 0 Å². The predicted octanol–water partition coefficient (Wildman–Crippen LogP) is 1.12. The molecule has 0 amide bonds. The number of benzene rings is 1. The molecule has 1 aromatic carbocycles. The molecule has 2 aromatic heterocycles. The van der Waals surface area contributed by atoms with Crippen LogP contribution in [0.5, 0.6) is 5.75 Å². The first-order valence-electron chi connectivity index (χ1n) is 10.4. The van der Waals surface area contributed by atoms with Gasteiger partial charge in [-0.25, -0.2) is 0 Å². The number of rotatable bonds is 6. The Morgan fingerprint density at radius 1 is 1.23 bits per heavy atom. The SMILES string of the molecule is BC(B)(B)n1c(=O)c2cc(OC[C@@](C)(N)CC(C)C)c(Cl)cc2c2ccnc(C)c21. The first-order valence-corrected chi connectivity index (χ1v) is 10.8. The number of aromatic nitrogens is 2. The number of hydrogen-bond acceptors (Lipinski definition) is 4. The molecule has 0 aliphatic carbocycles. The number of ether oxygens (including phenoxy) is 1. The highest BCUT2D eigenvalue weighted by molar-refractivity contribution is 6.57. The summed E-state index contributed by atoms with van der Waals surface area (Å²) < 4.78 is 7.83.